The molecule has 0 heterocycles. The topological polar surface area (TPSA) is 0 Å². The summed E-state index contributed by atoms with van der Waals surface area (Å²) in [5, 5.41) is 0. The molecule has 0 saturated heterocycles. The first kappa shape index (κ1) is 24.2. The molecule has 0 unspecified atom stereocenters. The van der Waals surface area contributed by atoms with Crippen LogP contribution >= 0.6 is 0 Å². The van der Waals surface area contributed by atoms with Gasteiger partial charge in [0.05, 0.1) is 27.2 Å². The molecular formula is C24H46N+. The maximum atomic E-state index is 2.35. The molecule has 0 radical (unpaired) electrons. The first-order valence-electron chi connectivity index (χ1n) is 10.9. The zero-order valence-corrected chi connectivity index (χ0v) is 17.8. The van der Waals surface area contributed by atoms with Gasteiger partial charge in [0.1, 0.15) is 0 Å². The molecule has 0 aromatic heterocycles. The summed E-state index contributed by atoms with van der Waals surface area (Å²) in [7, 11) is 4.69. The molecule has 0 aliphatic rings. The SMILES string of the molecule is C/C=C/C=C/C=C/C[N+](C)(C)CCCCCCCCCCCCCC. The van der Waals surface area contributed by atoms with Crippen LogP contribution in [0.5, 0.6) is 0 Å². The molecule has 0 aromatic carbocycles. The zero-order chi connectivity index (χ0) is 18.6. The summed E-state index contributed by atoms with van der Waals surface area (Å²) in [4.78, 5) is 0. The summed E-state index contributed by atoms with van der Waals surface area (Å²) >= 11 is 0. The molecule has 25 heavy (non-hydrogen) atoms. The third-order valence-electron chi connectivity index (χ3n) is 4.88. The fraction of sp³-hybridized carbons (Fsp3) is 0.750. The van der Waals surface area contributed by atoms with Crippen molar-refractivity contribution >= 4 is 0 Å². The standard InChI is InChI=1S/C24H46N/c1-5-7-9-11-13-14-15-16-17-18-20-22-24-25(3,4)23-21-19-12-10-8-6-2/h6,8,10,12,19,21H,5,7,9,11,13-18,20,22-24H2,1-4H3/q+1/b8-6+,12-10+,21-19+. The van der Waals surface area contributed by atoms with Gasteiger partial charge in [-0.05, 0) is 25.8 Å². The van der Waals surface area contributed by atoms with E-state index in [1.165, 1.54) is 83.6 Å². The molecule has 0 aliphatic carbocycles. The van der Waals surface area contributed by atoms with Gasteiger partial charge in [-0.3, -0.25) is 0 Å². The van der Waals surface area contributed by atoms with Gasteiger partial charge < -0.3 is 4.48 Å². The van der Waals surface area contributed by atoms with Crippen molar-refractivity contribution in [2.75, 3.05) is 27.2 Å². The van der Waals surface area contributed by atoms with Crippen molar-refractivity contribution in [1.82, 2.24) is 0 Å². The van der Waals surface area contributed by atoms with Crippen LogP contribution in [0.25, 0.3) is 0 Å². The molecule has 0 bridgehead atoms. The van der Waals surface area contributed by atoms with E-state index < -0.39 is 0 Å². The summed E-state index contributed by atoms with van der Waals surface area (Å²) in [5.74, 6) is 0. The number of allylic oxidation sites excluding steroid dienone is 5. The van der Waals surface area contributed by atoms with Gasteiger partial charge >= 0.3 is 0 Å². The average Bonchev–Trinajstić information content (AvgIpc) is 2.59. The Hall–Kier alpha value is -0.820. The molecule has 0 amide bonds. The lowest BCUT2D eigenvalue weighted by Gasteiger charge is -2.28. The smallest absolute Gasteiger partial charge is 0.0972 e. The lowest BCUT2D eigenvalue weighted by molar-refractivity contribution is -0.884. The second-order valence-corrected chi connectivity index (χ2v) is 8.07. The van der Waals surface area contributed by atoms with Crippen LogP contribution in [0, 0.1) is 0 Å². The predicted molar refractivity (Wildman–Crippen MR) is 116 cm³/mol. The average molecular weight is 349 g/mol. The van der Waals surface area contributed by atoms with Crippen LogP contribution in [-0.2, 0) is 0 Å². The van der Waals surface area contributed by atoms with Crippen LogP contribution in [0.3, 0.4) is 0 Å². The maximum absolute atomic E-state index is 2.35. The lowest BCUT2D eigenvalue weighted by atomic mass is 10.1. The lowest BCUT2D eigenvalue weighted by Crippen LogP contribution is -2.40. The first-order valence-corrected chi connectivity index (χ1v) is 10.9. The van der Waals surface area contributed by atoms with E-state index in [-0.39, 0.29) is 0 Å². The maximum Gasteiger partial charge on any atom is 0.0972 e. The van der Waals surface area contributed by atoms with E-state index >= 15 is 0 Å². The molecule has 1 nitrogen and oxygen atoms in total. The Morgan fingerprint density at radius 3 is 1.60 bits per heavy atom. The Kier molecular flexibility index (Phi) is 17.4. The number of nitrogens with zero attached hydrogens (tertiary/aromatic N) is 1. The third kappa shape index (κ3) is 19.4. The number of quaternary nitrogens is 1. The van der Waals surface area contributed by atoms with Crippen LogP contribution < -0.4 is 0 Å². The van der Waals surface area contributed by atoms with E-state index in [1.807, 2.05) is 6.92 Å². The molecular weight excluding hydrogens is 302 g/mol. The van der Waals surface area contributed by atoms with Crippen LogP contribution in [-0.4, -0.2) is 31.7 Å². The number of hydrogen-bond donors (Lipinski definition) is 0. The fourth-order valence-corrected chi connectivity index (χ4v) is 3.14. The van der Waals surface area contributed by atoms with Crippen molar-refractivity contribution < 1.29 is 4.48 Å². The highest BCUT2D eigenvalue weighted by molar-refractivity contribution is 5.10. The number of likely N-dealkylation sites (N-methyl/N-ethyl adjacent to an activating group) is 1. The van der Waals surface area contributed by atoms with Gasteiger partial charge in [0.15, 0.2) is 0 Å². The minimum Gasteiger partial charge on any atom is -0.325 e. The van der Waals surface area contributed by atoms with E-state index in [4.69, 9.17) is 0 Å². The second-order valence-electron chi connectivity index (χ2n) is 8.07. The second kappa shape index (κ2) is 18.0. The van der Waals surface area contributed by atoms with Gasteiger partial charge in [0.25, 0.3) is 0 Å². The number of hydrogen-bond acceptors (Lipinski definition) is 0. The fourth-order valence-electron chi connectivity index (χ4n) is 3.14. The number of rotatable bonds is 17. The summed E-state index contributed by atoms with van der Waals surface area (Å²) < 4.78 is 1.10. The molecule has 0 N–H and O–H groups in total. The molecule has 1 heteroatoms. The zero-order valence-electron chi connectivity index (χ0n) is 17.8. The van der Waals surface area contributed by atoms with Gasteiger partial charge in [0.2, 0.25) is 0 Å². The van der Waals surface area contributed by atoms with Crippen molar-refractivity contribution in [2.24, 2.45) is 0 Å². The molecule has 0 fully saturated rings. The quantitative estimate of drug-likeness (QED) is 0.145. The highest BCUT2D eigenvalue weighted by Crippen LogP contribution is 2.12. The van der Waals surface area contributed by atoms with Crippen molar-refractivity contribution in [1.29, 1.82) is 0 Å². The monoisotopic (exact) mass is 348 g/mol. The van der Waals surface area contributed by atoms with Crippen molar-refractivity contribution in [3.63, 3.8) is 0 Å². The molecule has 0 aromatic rings. The van der Waals surface area contributed by atoms with Gasteiger partial charge in [-0.25, -0.2) is 0 Å². The largest absolute Gasteiger partial charge is 0.325 e. The number of unbranched alkanes of at least 4 members (excludes halogenated alkanes) is 11. The van der Waals surface area contributed by atoms with Crippen molar-refractivity contribution in [3.8, 4) is 0 Å². The predicted octanol–water partition coefficient (Wildman–Crippen LogP) is 7.45. The molecule has 0 rings (SSSR count). The highest BCUT2D eigenvalue weighted by atomic mass is 15.3. The molecule has 0 saturated carbocycles. The Bertz CT molecular complexity index is 349. The first-order chi connectivity index (χ1) is 12.1. The van der Waals surface area contributed by atoms with E-state index in [1.54, 1.807) is 0 Å². The summed E-state index contributed by atoms with van der Waals surface area (Å²) in [6.45, 7) is 6.75. The van der Waals surface area contributed by atoms with Crippen molar-refractivity contribution in [2.45, 2.75) is 90.9 Å². The Labute approximate surface area is 159 Å². The van der Waals surface area contributed by atoms with Gasteiger partial charge in [-0.2, -0.15) is 0 Å². The van der Waals surface area contributed by atoms with Crippen LogP contribution in [0.2, 0.25) is 0 Å². The normalized spacial score (nSPS) is 13.0. The Balaban J connectivity index is 3.45. The van der Waals surface area contributed by atoms with Crippen LogP contribution in [0.15, 0.2) is 36.5 Å². The van der Waals surface area contributed by atoms with Crippen molar-refractivity contribution in [3.05, 3.63) is 36.5 Å². The molecule has 0 spiro atoms. The summed E-state index contributed by atoms with van der Waals surface area (Å²) in [6, 6.07) is 0. The van der Waals surface area contributed by atoms with Gasteiger partial charge in [-0.15, -0.1) is 0 Å². The summed E-state index contributed by atoms with van der Waals surface area (Å²) in [6.07, 6.45) is 30.0. The summed E-state index contributed by atoms with van der Waals surface area (Å²) in [5.41, 5.74) is 0. The Morgan fingerprint density at radius 1 is 0.600 bits per heavy atom. The van der Waals surface area contributed by atoms with E-state index in [9.17, 15) is 0 Å². The molecule has 0 aliphatic heterocycles. The highest BCUT2D eigenvalue weighted by Gasteiger charge is 2.11. The van der Waals surface area contributed by atoms with Gasteiger partial charge in [-0.1, -0.05) is 102 Å². The minimum absolute atomic E-state index is 1.10. The van der Waals surface area contributed by atoms with Crippen LogP contribution in [0.1, 0.15) is 90.9 Å². The molecule has 0 atom stereocenters. The van der Waals surface area contributed by atoms with E-state index in [0.29, 0.717) is 0 Å². The van der Waals surface area contributed by atoms with Gasteiger partial charge in [0, 0.05) is 0 Å². The van der Waals surface area contributed by atoms with Crippen LogP contribution in [0.4, 0.5) is 0 Å². The van der Waals surface area contributed by atoms with E-state index in [2.05, 4.69) is 57.5 Å². The third-order valence-corrected chi connectivity index (χ3v) is 4.88. The minimum atomic E-state index is 1.10. The molecule has 146 valence electrons. The van der Waals surface area contributed by atoms with E-state index in [0.717, 1.165) is 11.0 Å². The Morgan fingerprint density at radius 2 is 1.08 bits per heavy atom.